The minimum atomic E-state index is -0.429. The SMILES string of the molecule is COc1ccc(CNc2nc3ccc([N+](=O)[O-])cc3nc2NCCCN(C)C)cc1. The van der Waals surface area contributed by atoms with Crippen LogP contribution in [0.2, 0.25) is 0 Å². The Hall–Kier alpha value is -3.46. The van der Waals surface area contributed by atoms with E-state index in [1.807, 2.05) is 38.4 Å². The molecule has 1 aromatic heterocycles. The zero-order chi connectivity index (χ0) is 21.5. The molecule has 2 N–H and O–H groups in total. The molecule has 0 aliphatic carbocycles. The van der Waals surface area contributed by atoms with Gasteiger partial charge in [0.25, 0.3) is 5.69 Å². The zero-order valence-corrected chi connectivity index (χ0v) is 17.4. The van der Waals surface area contributed by atoms with Gasteiger partial charge in [-0.05, 0) is 50.8 Å². The van der Waals surface area contributed by atoms with E-state index in [1.165, 1.54) is 12.1 Å². The number of ether oxygens (including phenoxy) is 1. The summed E-state index contributed by atoms with van der Waals surface area (Å²) in [6.07, 6.45) is 0.930. The highest BCUT2D eigenvalue weighted by Crippen LogP contribution is 2.25. The van der Waals surface area contributed by atoms with Crippen LogP contribution >= 0.6 is 0 Å². The molecule has 158 valence electrons. The molecule has 3 rings (SSSR count). The Labute approximate surface area is 175 Å². The minimum absolute atomic E-state index is 0.00528. The largest absolute Gasteiger partial charge is 0.497 e. The lowest BCUT2D eigenvalue weighted by Crippen LogP contribution is -2.17. The van der Waals surface area contributed by atoms with E-state index in [9.17, 15) is 10.1 Å². The van der Waals surface area contributed by atoms with E-state index in [2.05, 4.69) is 25.5 Å². The number of aromatic nitrogens is 2. The molecule has 30 heavy (non-hydrogen) atoms. The van der Waals surface area contributed by atoms with E-state index in [4.69, 9.17) is 4.74 Å². The first-order valence-corrected chi connectivity index (χ1v) is 9.68. The molecule has 0 bridgehead atoms. The summed E-state index contributed by atoms with van der Waals surface area (Å²) in [5, 5.41) is 17.7. The molecular formula is C21H26N6O3. The fraction of sp³-hybridized carbons (Fsp3) is 0.333. The van der Waals surface area contributed by atoms with Gasteiger partial charge in [-0.25, -0.2) is 9.97 Å². The van der Waals surface area contributed by atoms with E-state index in [0.29, 0.717) is 35.8 Å². The molecule has 0 amide bonds. The number of nitrogens with zero attached hydrogens (tertiary/aromatic N) is 4. The Bertz CT molecular complexity index is 1010. The molecule has 0 spiro atoms. The second-order valence-electron chi connectivity index (χ2n) is 7.14. The van der Waals surface area contributed by atoms with Gasteiger partial charge in [-0.15, -0.1) is 0 Å². The maximum absolute atomic E-state index is 11.1. The number of fused-ring (bicyclic) bond motifs is 1. The highest BCUT2D eigenvalue weighted by Gasteiger charge is 2.13. The Kier molecular flexibility index (Phi) is 6.97. The van der Waals surface area contributed by atoms with Gasteiger partial charge in [0.1, 0.15) is 5.75 Å². The maximum atomic E-state index is 11.1. The van der Waals surface area contributed by atoms with Crippen LogP contribution < -0.4 is 15.4 Å². The van der Waals surface area contributed by atoms with Crippen molar-refractivity contribution in [2.45, 2.75) is 13.0 Å². The monoisotopic (exact) mass is 410 g/mol. The van der Waals surface area contributed by atoms with E-state index in [1.54, 1.807) is 13.2 Å². The second kappa shape index (κ2) is 9.84. The third-order valence-corrected chi connectivity index (χ3v) is 4.55. The van der Waals surface area contributed by atoms with Crippen molar-refractivity contribution in [2.75, 3.05) is 44.9 Å². The van der Waals surface area contributed by atoms with Crippen molar-refractivity contribution in [3.05, 3.63) is 58.1 Å². The molecule has 9 heteroatoms. The first-order chi connectivity index (χ1) is 14.5. The molecule has 0 saturated carbocycles. The van der Waals surface area contributed by atoms with Crippen LogP contribution in [0.1, 0.15) is 12.0 Å². The molecular weight excluding hydrogens is 384 g/mol. The molecule has 0 aliphatic rings. The van der Waals surface area contributed by atoms with Crippen molar-refractivity contribution in [1.29, 1.82) is 0 Å². The third kappa shape index (κ3) is 5.54. The van der Waals surface area contributed by atoms with Gasteiger partial charge >= 0.3 is 0 Å². The van der Waals surface area contributed by atoms with Crippen LogP contribution in [0.25, 0.3) is 11.0 Å². The fourth-order valence-electron chi connectivity index (χ4n) is 2.93. The number of methoxy groups -OCH3 is 1. The molecule has 0 aliphatic heterocycles. The van der Waals surface area contributed by atoms with Gasteiger partial charge in [-0.2, -0.15) is 0 Å². The van der Waals surface area contributed by atoms with Crippen LogP contribution in [-0.2, 0) is 6.54 Å². The standard InChI is InChI=1S/C21H26N6O3/c1-26(2)12-4-11-22-20-21(23-14-15-5-8-17(30-3)9-6-15)24-18-10-7-16(27(28)29)13-19(18)25-20/h5-10,13H,4,11-12,14H2,1-3H3,(H,22,25)(H,23,24). The third-order valence-electron chi connectivity index (χ3n) is 4.55. The van der Waals surface area contributed by atoms with Crippen molar-refractivity contribution < 1.29 is 9.66 Å². The number of anilines is 2. The molecule has 2 aromatic carbocycles. The minimum Gasteiger partial charge on any atom is -0.497 e. The van der Waals surface area contributed by atoms with E-state index in [-0.39, 0.29) is 5.69 Å². The predicted octanol–water partition coefficient (Wildman–Crippen LogP) is 3.52. The Morgan fingerprint density at radius 3 is 2.40 bits per heavy atom. The summed E-state index contributed by atoms with van der Waals surface area (Å²) in [4.78, 5) is 22.0. The van der Waals surface area contributed by atoms with Crippen LogP contribution in [0, 0.1) is 10.1 Å². The smallest absolute Gasteiger partial charge is 0.271 e. The summed E-state index contributed by atoms with van der Waals surface area (Å²) in [5.74, 6) is 1.99. The lowest BCUT2D eigenvalue weighted by atomic mass is 10.2. The second-order valence-corrected chi connectivity index (χ2v) is 7.14. The van der Waals surface area contributed by atoms with Gasteiger partial charge in [0.05, 0.1) is 23.1 Å². The lowest BCUT2D eigenvalue weighted by molar-refractivity contribution is -0.384. The highest BCUT2D eigenvalue weighted by atomic mass is 16.6. The average molecular weight is 410 g/mol. The summed E-state index contributed by atoms with van der Waals surface area (Å²) < 4.78 is 5.19. The number of rotatable bonds is 10. The first-order valence-electron chi connectivity index (χ1n) is 9.68. The number of non-ortho nitro benzene ring substituents is 1. The number of nitro groups is 1. The van der Waals surface area contributed by atoms with Crippen LogP contribution in [0.15, 0.2) is 42.5 Å². The normalized spacial score (nSPS) is 10.9. The van der Waals surface area contributed by atoms with E-state index < -0.39 is 4.92 Å². The summed E-state index contributed by atoms with van der Waals surface area (Å²) in [6.45, 7) is 2.21. The van der Waals surface area contributed by atoms with E-state index in [0.717, 1.165) is 24.3 Å². The number of nitro benzene ring substituents is 1. The van der Waals surface area contributed by atoms with Crippen molar-refractivity contribution in [3.63, 3.8) is 0 Å². The Morgan fingerprint density at radius 1 is 1.03 bits per heavy atom. The maximum Gasteiger partial charge on any atom is 0.271 e. The van der Waals surface area contributed by atoms with Crippen molar-refractivity contribution in [2.24, 2.45) is 0 Å². The van der Waals surface area contributed by atoms with Crippen LogP contribution in [0.4, 0.5) is 17.3 Å². The number of benzene rings is 2. The molecule has 0 saturated heterocycles. The molecule has 0 unspecified atom stereocenters. The van der Waals surface area contributed by atoms with Crippen LogP contribution in [-0.4, -0.2) is 54.1 Å². The molecule has 9 nitrogen and oxygen atoms in total. The van der Waals surface area contributed by atoms with Gasteiger partial charge in [0, 0.05) is 25.2 Å². The molecule has 0 atom stereocenters. The van der Waals surface area contributed by atoms with Crippen LogP contribution in [0.3, 0.4) is 0 Å². The highest BCUT2D eigenvalue weighted by molar-refractivity contribution is 5.82. The topological polar surface area (TPSA) is 105 Å². The summed E-state index contributed by atoms with van der Waals surface area (Å²) >= 11 is 0. The van der Waals surface area contributed by atoms with Gasteiger partial charge in [-0.1, -0.05) is 12.1 Å². The van der Waals surface area contributed by atoms with E-state index >= 15 is 0 Å². The summed E-state index contributed by atoms with van der Waals surface area (Å²) in [6, 6.07) is 12.3. The Morgan fingerprint density at radius 2 is 1.73 bits per heavy atom. The first kappa shape index (κ1) is 21.3. The number of hydrogen-bond donors (Lipinski definition) is 2. The molecule has 1 heterocycles. The van der Waals surface area contributed by atoms with Crippen molar-refractivity contribution in [1.82, 2.24) is 14.9 Å². The van der Waals surface area contributed by atoms with Gasteiger partial charge in [0.2, 0.25) is 0 Å². The lowest BCUT2D eigenvalue weighted by Gasteiger charge is -2.15. The number of nitrogens with one attached hydrogen (secondary N) is 2. The van der Waals surface area contributed by atoms with Gasteiger partial charge in [0.15, 0.2) is 11.6 Å². The van der Waals surface area contributed by atoms with Crippen molar-refractivity contribution >= 4 is 28.4 Å². The van der Waals surface area contributed by atoms with Crippen LogP contribution in [0.5, 0.6) is 5.75 Å². The number of hydrogen-bond acceptors (Lipinski definition) is 8. The quantitative estimate of drug-likeness (QED) is 0.297. The summed E-state index contributed by atoms with van der Waals surface area (Å²) in [5.41, 5.74) is 2.14. The van der Waals surface area contributed by atoms with Gasteiger partial charge < -0.3 is 20.3 Å². The predicted molar refractivity (Wildman–Crippen MR) is 118 cm³/mol. The fourth-order valence-corrected chi connectivity index (χ4v) is 2.93. The molecule has 0 radical (unpaired) electrons. The summed E-state index contributed by atoms with van der Waals surface area (Å²) in [7, 11) is 5.68. The Balaban J connectivity index is 1.83. The molecule has 0 fully saturated rings. The zero-order valence-electron chi connectivity index (χ0n) is 17.4. The molecule has 3 aromatic rings. The average Bonchev–Trinajstić information content (AvgIpc) is 2.74. The van der Waals surface area contributed by atoms with Gasteiger partial charge in [-0.3, -0.25) is 10.1 Å². The van der Waals surface area contributed by atoms with Crippen molar-refractivity contribution in [3.8, 4) is 5.75 Å².